The summed E-state index contributed by atoms with van der Waals surface area (Å²) >= 11 is 0. The van der Waals surface area contributed by atoms with Crippen molar-refractivity contribution in [1.82, 2.24) is 4.90 Å². The summed E-state index contributed by atoms with van der Waals surface area (Å²) in [5.41, 5.74) is 5.99. The van der Waals surface area contributed by atoms with E-state index in [2.05, 4.69) is 4.74 Å². The molecular formula is C14H19ClF2N2O4. The molecule has 1 unspecified atom stereocenters. The molecule has 1 aromatic rings. The number of halogens is 3. The molecule has 2 N–H and O–H groups in total. The Labute approximate surface area is 138 Å². The lowest BCUT2D eigenvalue weighted by Crippen LogP contribution is -2.31. The van der Waals surface area contributed by atoms with Crippen LogP contribution in [0.1, 0.15) is 18.9 Å². The molecule has 1 aliphatic rings. The standard InChI is InChI=1S/C14H18F2N2O4.ClH/c1-8(17)3-13(19)18(2)6-9-4-11-12(21-7-20-11)5-10(9)22-14(15)16;/h4-5,8,14H,3,6-7,17H2,1-2H3;1H. The van der Waals surface area contributed by atoms with E-state index >= 15 is 0 Å². The number of carbonyl (C=O) groups is 1. The van der Waals surface area contributed by atoms with E-state index in [4.69, 9.17) is 15.2 Å². The van der Waals surface area contributed by atoms with Gasteiger partial charge in [0, 0.05) is 37.7 Å². The quantitative estimate of drug-likeness (QED) is 0.849. The maximum absolute atomic E-state index is 12.5. The molecule has 9 heteroatoms. The van der Waals surface area contributed by atoms with Crippen LogP contribution in [-0.2, 0) is 11.3 Å². The molecule has 1 aliphatic heterocycles. The predicted octanol–water partition coefficient (Wildman–Crippen LogP) is 2.13. The highest BCUT2D eigenvalue weighted by Gasteiger charge is 2.22. The number of hydrogen-bond donors (Lipinski definition) is 1. The summed E-state index contributed by atoms with van der Waals surface area (Å²) in [5, 5.41) is 0. The van der Waals surface area contributed by atoms with Crippen LogP contribution in [0.2, 0.25) is 0 Å². The molecular weight excluding hydrogens is 334 g/mol. The molecule has 0 radical (unpaired) electrons. The van der Waals surface area contributed by atoms with Gasteiger partial charge in [-0.3, -0.25) is 4.79 Å². The zero-order valence-corrected chi connectivity index (χ0v) is 13.6. The van der Waals surface area contributed by atoms with Gasteiger partial charge in [-0.15, -0.1) is 12.4 Å². The summed E-state index contributed by atoms with van der Waals surface area (Å²) in [5.74, 6) is 0.545. The van der Waals surface area contributed by atoms with Crippen molar-refractivity contribution in [2.75, 3.05) is 13.8 Å². The first kappa shape index (κ1) is 19.2. The van der Waals surface area contributed by atoms with Gasteiger partial charge in [-0.2, -0.15) is 8.78 Å². The summed E-state index contributed by atoms with van der Waals surface area (Å²) < 4.78 is 39.9. The Balaban J connectivity index is 0.00000264. The maximum atomic E-state index is 12.5. The molecule has 2 rings (SSSR count). The van der Waals surface area contributed by atoms with Crippen LogP contribution in [0.3, 0.4) is 0 Å². The number of ether oxygens (including phenoxy) is 3. The van der Waals surface area contributed by atoms with Crippen molar-refractivity contribution >= 4 is 18.3 Å². The number of nitrogens with two attached hydrogens (primary N) is 1. The molecule has 0 saturated carbocycles. The van der Waals surface area contributed by atoms with Crippen LogP contribution in [0.5, 0.6) is 17.2 Å². The van der Waals surface area contributed by atoms with E-state index in [9.17, 15) is 13.6 Å². The number of rotatable bonds is 6. The van der Waals surface area contributed by atoms with E-state index in [0.717, 1.165) is 0 Å². The SMILES string of the molecule is CC(N)CC(=O)N(C)Cc1cc2c(cc1OC(F)F)OCO2.Cl. The van der Waals surface area contributed by atoms with Crippen molar-refractivity contribution in [1.29, 1.82) is 0 Å². The summed E-state index contributed by atoms with van der Waals surface area (Å²) in [6.45, 7) is -1.13. The summed E-state index contributed by atoms with van der Waals surface area (Å²) in [7, 11) is 1.57. The largest absolute Gasteiger partial charge is 0.454 e. The lowest BCUT2D eigenvalue weighted by Gasteiger charge is -2.20. The van der Waals surface area contributed by atoms with Gasteiger partial charge in [-0.25, -0.2) is 0 Å². The lowest BCUT2D eigenvalue weighted by molar-refractivity contribution is -0.130. The number of fused-ring (bicyclic) bond motifs is 1. The van der Waals surface area contributed by atoms with E-state index < -0.39 is 6.61 Å². The highest BCUT2D eigenvalue weighted by atomic mass is 35.5. The number of amides is 1. The van der Waals surface area contributed by atoms with Crippen molar-refractivity contribution in [3.8, 4) is 17.2 Å². The van der Waals surface area contributed by atoms with Gasteiger partial charge in [0.05, 0.1) is 0 Å². The normalized spacial score (nSPS) is 13.5. The number of nitrogens with zero attached hydrogens (tertiary/aromatic N) is 1. The molecule has 0 aromatic heterocycles. The number of hydrogen-bond acceptors (Lipinski definition) is 5. The molecule has 0 fully saturated rings. The maximum Gasteiger partial charge on any atom is 0.387 e. The molecule has 6 nitrogen and oxygen atoms in total. The molecule has 1 aromatic carbocycles. The average Bonchev–Trinajstić information content (AvgIpc) is 2.84. The fourth-order valence-corrected chi connectivity index (χ4v) is 2.07. The summed E-state index contributed by atoms with van der Waals surface area (Å²) in [6.07, 6.45) is 0.173. The number of carbonyl (C=O) groups excluding carboxylic acids is 1. The van der Waals surface area contributed by atoms with Gasteiger partial charge in [0.15, 0.2) is 11.5 Å². The first-order valence-corrected chi connectivity index (χ1v) is 6.73. The Morgan fingerprint density at radius 3 is 2.57 bits per heavy atom. The fourth-order valence-electron chi connectivity index (χ4n) is 2.07. The number of benzene rings is 1. The second-order valence-electron chi connectivity index (χ2n) is 5.12. The Kier molecular flexibility index (Phi) is 6.83. The Bertz CT molecular complexity index is 558. The third-order valence-electron chi connectivity index (χ3n) is 3.10. The van der Waals surface area contributed by atoms with Gasteiger partial charge in [0.2, 0.25) is 12.7 Å². The van der Waals surface area contributed by atoms with Crippen LogP contribution in [0.15, 0.2) is 12.1 Å². The molecule has 1 atom stereocenters. The molecule has 0 saturated heterocycles. The first-order chi connectivity index (χ1) is 10.4. The zero-order valence-electron chi connectivity index (χ0n) is 12.8. The van der Waals surface area contributed by atoms with E-state index in [0.29, 0.717) is 17.1 Å². The molecule has 130 valence electrons. The van der Waals surface area contributed by atoms with E-state index in [-0.39, 0.29) is 49.9 Å². The molecule has 0 spiro atoms. The Morgan fingerprint density at radius 1 is 1.39 bits per heavy atom. The molecule has 1 heterocycles. The van der Waals surface area contributed by atoms with E-state index in [1.807, 2.05) is 0 Å². The first-order valence-electron chi connectivity index (χ1n) is 6.73. The lowest BCUT2D eigenvalue weighted by atomic mass is 10.1. The third-order valence-corrected chi connectivity index (χ3v) is 3.10. The Morgan fingerprint density at radius 2 is 2.00 bits per heavy atom. The van der Waals surface area contributed by atoms with Gasteiger partial charge in [-0.1, -0.05) is 0 Å². The van der Waals surface area contributed by atoms with Gasteiger partial charge in [-0.05, 0) is 13.0 Å². The summed E-state index contributed by atoms with van der Waals surface area (Å²) in [4.78, 5) is 13.3. The van der Waals surface area contributed by atoms with Crippen molar-refractivity contribution < 1.29 is 27.8 Å². The van der Waals surface area contributed by atoms with Gasteiger partial charge in [0.1, 0.15) is 5.75 Å². The Hall–Kier alpha value is -1.80. The molecule has 0 aliphatic carbocycles. The number of alkyl halides is 2. The second-order valence-corrected chi connectivity index (χ2v) is 5.12. The topological polar surface area (TPSA) is 74.0 Å². The minimum Gasteiger partial charge on any atom is -0.454 e. The minimum absolute atomic E-state index is 0. The van der Waals surface area contributed by atoms with E-state index in [1.165, 1.54) is 17.0 Å². The van der Waals surface area contributed by atoms with Crippen molar-refractivity contribution in [3.05, 3.63) is 17.7 Å². The predicted molar refractivity (Wildman–Crippen MR) is 81.2 cm³/mol. The van der Waals surface area contributed by atoms with Crippen LogP contribution in [0.25, 0.3) is 0 Å². The van der Waals surface area contributed by atoms with Crippen molar-refractivity contribution in [3.63, 3.8) is 0 Å². The molecule has 1 amide bonds. The minimum atomic E-state index is -2.97. The van der Waals surface area contributed by atoms with Gasteiger partial charge in [0.25, 0.3) is 0 Å². The van der Waals surface area contributed by atoms with Crippen LogP contribution in [-0.4, -0.2) is 37.3 Å². The van der Waals surface area contributed by atoms with Crippen LogP contribution >= 0.6 is 12.4 Å². The monoisotopic (exact) mass is 352 g/mol. The summed E-state index contributed by atoms with van der Waals surface area (Å²) in [6, 6.07) is 2.60. The average molecular weight is 353 g/mol. The smallest absolute Gasteiger partial charge is 0.387 e. The third kappa shape index (κ3) is 5.11. The fraction of sp³-hybridized carbons (Fsp3) is 0.500. The highest BCUT2D eigenvalue weighted by molar-refractivity contribution is 5.85. The van der Waals surface area contributed by atoms with Crippen molar-refractivity contribution in [2.45, 2.75) is 32.5 Å². The van der Waals surface area contributed by atoms with Gasteiger partial charge >= 0.3 is 6.61 Å². The highest BCUT2D eigenvalue weighted by Crippen LogP contribution is 2.39. The van der Waals surface area contributed by atoms with Crippen LogP contribution in [0.4, 0.5) is 8.78 Å². The van der Waals surface area contributed by atoms with Crippen LogP contribution < -0.4 is 19.9 Å². The van der Waals surface area contributed by atoms with E-state index in [1.54, 1.807) is 14.0 Å². The molecule has 23 heavy (non-hydrogen) atoms. The van der Waals surface area contributed by atoms with Gasteiger partial charge < -0.3 is 24.8 Å². The second kappa shape index (κ2) is 8.16. The van der Waals surface area contributed by atoms with Crippen LogP contribution in [0, 0.1) is 0 Å². The zero-order chi connectivity index (χ0) is 16.3. The molecule has 0 bridgehead atoms. The van der Waals surface area contributed by atoms with Crippen molar-refractivity contribution in [2.24, 2.45) is 5.73 Å².